The molecule has 0 bridgehead atoms. The first kappa shape index (κ1) is 12.9. The predicted molar refractivity (Wildman–Crippen MR) is 79.3 cm³/mol. The van der Waals surface area contributed by atoms with Crippen molar-refractivity contribution in [2.45, 2.75) is 6.92 Å². The lowest BCUT2D eigenvalue weighted by molar-refractivity contribution is 0.425. The Hall–Kier alpha value is -2.14. The van der Waals surface area contributed by atoms with Crippen molar-refractivity contribution in [2.75, 3.05) is 0 Å². The van der Waals surface area contributed by atoms with Gasteiger partial charge < -0.3 is 9.63 Å². The molecule has 0 aliphatic carbocycles. The van der Waals surface area contributed by atoms with Crippen LogP contribution in [-0.4, -0.2) is 15.2 Å². The number of para-hydroxylation sites is 1. The third-order valence-corrected chi connectivity index (χ3v) is 3.70. The van der Waals surface area contributed by atoms with E-state index in [1.54, 1.807) is 6.07 Å². The number of halogens is 1. The normalized spacial score (nSPS) is 10.7. The van der Waals surface area contributed by atoms with E-state index in [-0.39, 0.29) is 5.75 Å². The third-order valence-electron chi connectivity index (χ3n) is 3.01. The summed E-state index contributed by atoms with van der Waals surface area (Å²) < 4.78 is 6.14. The lowest BCUT2D eigenvalue weighted by Crippen LogP contribution is -1.84. The van der Waals surface area contributed by atoms with Crippen LogP contribution in [-0.2, 0) is 0 Å². The number of benzene rings is 2. The summed E-state index contributed by atoms with van der Waals surface area (Å²) in [4.78, 5) is 4.35. The second-order valence-corrected chi connectivity index (χ2v) is 5.23. The van der Waals surface area contributed by atoms with Gasteiger partial charge in [0.1, 0.15) is 5.75 Å². The molecule has 0 aliphatic rings. The average Bonchev–Trinajstić information content (AvgIpc) is 2.92. The summed E-state index contributed by atoms with van der Waals surface area (Å²) in [6.45, 7) is 1.82. The number of rotatable bonds is 2. The molecule has 0 aliphatic heterocycles. The Morgan fingerprint density at radius 2 is 1.80 bits per heavy atom. The maximum atomic E-state index is 10.0. The van der Waals surface area contributed by atoms with Crippen molar-refractivity contribution >= 4 is 15.9 Å². The van der Waals surface area contributed by atoms with Gasteiger partial charge >= 0.3 is 0 Å². The van der Waals surface area contributed by atoms with Crippen molar-refractivity contribution in [1.29, 1.82) is 0 Å². The Bertz CT molecular complexity index is 768. The minimum atomic E-state index is 0.162. The number of nitrogens with zero attached hydrogens (tertiary/aromatic N) is 2. The fraction of sp³-hybridized carbons (Fsp3) is 0.0667. The average molecular weight is 331 g/mol. The Morgan fingerprint density at radius 3 is 2.60 bits per heavy atom. The topological polar surface area (TPSA) is 59.2 Å². The smallest absolute Gasteiger partial charge is 0.262 e. The fourth-order valence-electron chi connectivity index (χ4n) is 1.92. The van der Waals surface area contributed by atoms with Gasteiger partial charge in [-0.15, -0.1) is 0 Å². The van der Waals surface area contributed by atoms with Gasteiger partial charge in [0, 0.05) is 10.0 Å². The number of hydrogen-bond donors (Lipinski definition) is 1. The van der Waals surface area contributed by atoms with Crippen LogP contribution in [0, 0.1) is 6.92 Å². The molecular formula is C15H11BrN2O2. The van der Waals surface area contributed by atoms with Gasteiger partial charge in [-0.3, -0.25) is 0 Å². The van der Waals surface area contributed by atoms with E-state index in [0.717, 1.165) is 15.6 Å². The molecular weight excluding hydrogens is 320 g/mol. The van der Waals surface area contributed by atoms with Crippen LogP contribution in [0.5, 0.6) is 5.75 Å². The summed E-state index contributed by atoms with van der Waals surface area (Å²) in [7, 11) is 0. The summed E-state index contributed by atoms with van der Waals surface area (Å²) in [5, 5.41) is 14.0. The zero-order valence-corrected chi connectivity index (χ0v) is 12.3. The molecule has 0 saturated heterocycles. The first-order chi connectivity index (χ1) is 9.66. The minimum absolute atomic E-state index is 0.162. The molecule has 1 heterocycles. The zero-order chi connectivity index (χ0) is 14.1. The Balaban J connectivity index is 2.07. The van der Waals surface area contributed by atoms with E-state index < -0.39 is 0 Å². The number of aromatic nitrogens is 2. The van der Waals surface area contributed by atoms with Crippen LogP contribution in [0.4, 0.5) is 0 Å². The summed E-state index contributed by atoms with van der Waals surface area (Å²) in [6.07, 6.45) is 0. The molecule has 0 radical (unpaired) electrons. The predicted octanol–water partition coefficient (Wildman–Crippen LogP) is 4.18. The molecule has 20 heavy (non-hydrogen) atoms. The van der Waals surface area contributed by atoms with E-state index in [4.69, 9.17) is 4.52 Å². The first-order valence-electron chi connectivity index (χ1n) is 6.04. The van der Waals surface area contributed by atoms with Gasteiger partial charge in [0.25, 0.3) is 5.89 Å². The summed E-state index contributed by atoms with van der Waals surface area (Å²) in [5.41, 5.74) is 2.15. The van der Waals surface area contributed by atoms with Gasteiger partial charge in [0.2, 0.25) is 5.82 Å². The fourth-order valence-corrected chi connectivity index (χ4v) is 2.38. The highest BCUT2D eigenvalue weighted by atomic mass is 79.9. The summed E-state index contributed by atoms with van der Waals surface area (Å²) >= 11 is 3.45. The second kappa shape index (κ2) is 5.09. The van der Waals surface area contributed by atoms with Crippen molar-refractivity contribution in [1.82, 2.24) is 10.1 Å². The molecule has 0 fully saturated rings. The monoisotopic (exact) mass is 330 g/mol. The minimum Gasteiger partial charge on any atom is -0.507 e. The zero-order valence-electron chi connectivity index (χ0n) is 10.7. The van der Waals surface area contributed by atoms with Gasteiger partial charge in [0.15, 0.2) is 0 Å². The highest BCUT2D eigenvalue weighted by Crippen LogP contribution is 2.33. The van der Waals surface area contributed by atoms with Gasteiger partial charge in [-0.2, -0.15) is 4.98 Å². The molecule has 100 valence electrons. The van der Waals surface area contributed by atoms with Gasteiger partial charge in [-0.1, -0.05) is 45.4 Å². The van der Waals surface area contributed by atoms with E-state index >= 15 is 0 Å². The van der Waals surface area contributed by atoms with E-state index in [0.29, 0.717) is 17.3 Å². The highest BCUT2D eigenvalue weighted by Gasteiger charge is 2.15. The van der Waals surface area contributed by atoms with Crippen LogP contribution in [0.15, 0.2) is 51.5 Å². The molecule has 0 spiro atoms. The third kappa shape index (κ3) is 2.20. The molecule has 5 heteroatoms. The van der Waals surface area contributed by atoms with Gasteiger partial charge in [-0.25, -0.2) is 0 Å². The van der Waals surface area contributed by atoms with Gasteiger partial charge in [-0.05, 0) is 30.7 Å². The molecule has 4 nitrogen and oxygen atoms in total. The number of aryl methyl sites for hydroxylation is 1. The highest BCUT2D eigenvalue weighted by molar-refractivity contribution is 9.10. The molecule has 3 rings (SSSR count). The van der Waals surface area contributed by atoms with Crippen LogP contribution in [0.2, 0.25) is 0 Å². The van der Waals surface area contributed by atoms with Crippen molar-refractivity contribution in [2.24, 2.45) is 0 Å². The second-order valence-electron chi connectivity index (χ2n) is 4.37. The van der Waals surface area contributed by atoms with Crippen LogP contribution < -0.4 is 0 Å². The Labute approximate surface area is 124 Å². The largest absolute Gasteiger partial charge is 0.507 e. The van der Waals surface area contributed by atoms with Crippen molar-refractivity contribution < 1.29 is 9.63 Å². The Morgan fingerprint density at radius 1 is 1.05 bits per heavy atom. The van der Waals surface area contributed by atoms with Crippen molar-refractivity contribution in [3.05, 3.63) is 52.5 Å². The van der Waals surface area contributed by atoms with Crippen LogP contribution in [0.3, 0.4) is 0 Å². The molecule has 2 aromatic carbocycles. The lowest BCUT2D eigenvalue weighted by Gasteiger charge is -2.01. The quantitative estimate of drug-likeness (QED) is 0.765. The van der Waals surface area contributed by atoms with Gasteiger partial charge in [0.05, 0.1) is 5.56 Å². The van der Waals surface area contributed by atoms with Crippen LogP contribution in [0.1, 0.15) is 5.56 Å². The maximum absolute atomic E-state index is 10.0. The van der Waals surface area contributed by atoms with Crippen molar-refractivity contribution in [3.63, 3.8) is 0 Å². The number of phenols is 1. The van der Waals surface area contributed by atoms with Crippen LogP contribution in [0.25, 0.3) is 22.8 Å². The van der Waals surface area contributed by atoms with E-state index in [1.165, 1.54) is 0 Å². The molecule has 1 aromatic heterocycles. The number of hydrogen-bond acceptors (Lipinski definition) is 4. The molecule has 0 amide bonds. The van der Waals surface area contributed by atoms with Crippen molar-refractivity contribution in [3.8, 4) is 28.6 Å². The number of phenolic OH excluding ortho intramolecular Hbond substituents is 1. The first-order valence-corrected chi connectivity index (χ1v) is 6.83. The van der Waals surface area contributed by atoms with E-state index in [1.807, 2.05) is 43.3 Å². The molecule has 0 atom stereocenters. The summed E-state index contributed by atoms with van der Waals surface area (Å²) in [5.74, 6) is 0.945. The SMILES string of the molecule is Cc1cccc(-c2nc(-c3ccccc3Br)no2)c1O. The maximum Gasteiger partial charge on any atom is 0.262 e. The standard InChI is InChI=1S/C15H11BrN2O2/c1-9-5-4-7-11(13(9)19)15-17-14(18-20-15)10-6-2-3-8-12(10)16/h2-8,19H,1H3. The van der Waals surface area contributed by atoms with E-state index in [9.17, 15) is 5.11 Å². The van der Waals surface area contributed by atoms with Crippen LogP contribution >= 0.6 is 15.9 Å². The lowest BCUT2D eigenvalue weighted by atomic mass is 10.1. The summed E-state index contributed by atoms with van der Waals surface area (Å²) in [6, 6.07) is 13.0. The molecule has 3 aromatic rings. The molecule has 0 unspecified atom stereocenters. The molecule has 0 saturated carbocycles. The molecule has 1 N–H and O–H groups in total. The Kier molecular flexibility index (Phi) is 3.28. The number of aromatic hydroxyl groups is 1. The van der Waals surface area contributed by atoms with E-state index in [2.05, 4.69) is 26.1 Å².